The van der Waals surface area contributed by atoms with Crippen LogP contribution in [0.3, 0.4) is 0 Å². The van der Waals surface area contributed by atoms with Gasteiger partial charge in [-0.25, -0.2) is 4.98 Å². The van der Waals surface area contributed by atoms with Crippen molar-refractivity contribution in [3.63, 3.8) is 0 Å². The van der Waals surface area contributed by atoms with Crippen LogP contribution in [-0.4, -0.2) is 27.8 Å². The van der Waals surface area contributed by atoms with Crippen molar-refractivity contribution in [1.29, 1.82) is 0 Å². The number of aryl methyl sites for hydroxylation is 1. The summed E-state index contributed by atoms with van der Waals surface area (Å²) in [7, 11) is 0. The molecule has 1 heterocycles. The van der Waals surface area contributed by atoms with Crippen LogP contribution in [0.15, 0.2) is 48.5 Å². The van der Waals surface area contributed by atoms with Gasteiger partial charge in [-0.3, -0.25) is 14.9 Å². The van der Waals surface area contributed by atoms with Crippen LogP contribution in [0.1, 0.15) is 36.2 Å². The number of H-pyrrole nitrogens is 1. The first-order valence-electron chi connectivity index (χ1n) is 9.11. The summed E-state index contributed by atoms with van der Waals surface area (Å²) < 4.78 is 0. The third-order valence-electron chi connectivity index (χ3n) is 4.69. The van der Waals surface area contributed by atoms with E-state index in [4.69, 9.17) is 0 Å². The predicted octanol–water partition coefficient (Wildman–Crippen LogP) is 3.65. The predicted molar refractivity (Wildman–Crippen MR) is 107 cm³/mol. The number of aromatic amines is 1. The Labute approximate surface area is 158 Å². The van der Waals surface area contributed by atoms with Crippen molar-refractivity contribution in [2.24, 2.45) is 5.92 Å². The Bertz CT molecular complexity index is 930. The highest BCUT2D eigenvalue weighted by Crippen LogP contribution is 2.16. The first-order valence-corrected chi connectivity index (χ1v) is 9.11. The van der Waals surface area contributed by atoms with Gasteiger partial charge in [-0.05, 0) is 37.1 Å². The smallest absolute Gasteiger partial charge is 0.251 e. The summed E-state index contributed by atoms with van der Waals surface area (Å²) in [5.74, 6) is -0.199. The summed E-state index contributed by atoms with van der Waals surface area (Å²) in [6, 6.07) is 14.2. The van der Waals surface area contributed by atoms with Crippen molar-refractivity contribution in [3.8, 4) is 0 Å². The van der Waals surface area contributed by atoms with Gasteiger partial charge < -0.3 is 10.3 Å². The standard InChI is InChI=1S/C21H24N4O2/c1-4-14(3)18(24-19(26)15-9-7-8-13(2)12-15)20(27)25-21-22-16-10-5-6-11-17(16)23-21/h5-12,14,18H,4H2,1-3H3,(H,24,26)(H2,22,23,25,27). The van der Waals surface area contributed by atoms with E-state index in [0.717, 1.165) is 23.0 Å². The number of nitrogens with one attached hydrogen (secondary N) is 3. The summed E-state index contributed by atoms with van der Waals surface area (Å²) in [6.45, 7) is 5.86. The lowest BCUT2D eigenvalue weighted by Crippen LogP contribution is -2.47. The van der Waals surface area contributed by atoms with Gasteiger partial charge in [0.2, 0.25) is 11.9 Å². The zero-order valence-electron chi connectivity index (χ0n) is 15.7. The summed E-state index contributed by atoms with van der Waals surface area (Å²) in [4.78, 5) is 32.9. The fourth-order valence-electron chi connectivity index (χ4n) is 2.92. The SMILES string of the molecule is CCC(C)C(NC(=O)c1cccc(C)c1)C(=O)Nc1nc2ccccc2[nH]1. The van der Waals surface area contributed by atoms with E-state index in [0.29, 0.717) is 11.5 Å². The largest absolute Gasteiger partial charge is 0.340 e. The Morgan fingerprint density at radius 2 is 1.93 bits per heavy atom. The number of benzene rings is 2. The van der Waals surface area contributed by atoms with Crippen LogP contribution in [0.4, 0.5) is 5.95 Å². The lowest BCUT2D eigenvalue weighted by molar-refractivity contribution is -0.119. The fourth-order valence-corrected chi connectivity index (χ4v) is 2.92. The van der Waals surface area contributed by atoms with Gasteiger partial charge in [0.15, 0.2) is 0 Å². The molecule has 0 bridgehead atoms. The molecule has 0 radical (unpaired) electrons. The van der Waals surface area contributed by atoms with Crippen molar-refractivity contribution < 1.29 is 9.59 Å². The van der Waals surface area contributed by atoms with E-state index in [-0.39, 0.29) is 17.7 Å². The molecule has 3 aromatic rings. The minimum Gasteiger partial charge on any atom is -0.340 e. The molecule has 0 saturated heterocycles. The Balaban J connectivity index is 1.77. The van der Waals surface area contributed by atoms with Gasteiger partial charge in [0, 0.05) is 5.56 Å². The van der Waals surface area contributed by atoms with Crippen LogP contribution in [0, 0.1) is 12.8 Å². The van der Waals surface area contributed by atoms with Crippen molar-refractivity contribution in [1.82, 2.24) is 15.3 Å². The molecule has 6 nitrogen and oxygen atoms in total. The molecule has 0 aliphatic rings. The molecule has 0 fully saturated rings. The Morgan fingerprint density at radius 3 is 2.63 bits per heavy atom. The second-order valence-corrected chi connectivity index (χ2v) is 6.80. The minimum absolute atomic E-state index is 0.0249. The van der Waals surface area contributed by atoms with Gasteiger partial charge in [0.05, 0.1) is 11.0 Å². The molecule has 2 amide bonds. The molecule has 27 heavy (non-hydrogen) atoms. The van der Waals surface area contributed by atoms with Crippen LogP contribution in [-0.2, 0) is 4.79 Å². The molecule has 140 valence electrons. The molecule has 2 aromatic carbocycles. The van der Waals surface area contributed by atoms with Gasteiger partial charge in [0.25, 0.3) is 5.91 Å². The first kappa shape index (κ1) is 18.6. The summed E-state index contributed by atoms with van der Waals surface area (Å²) in [5.41, 5.74) is 3.16. The van der Waals surface area contributed by atoms with Gasteiger partial charge >= 0.3 is 0 Å². The van der Waals surface area contributed by atoms with Gasteiger partial charge in [-0.2, -0.15) is 0 Å². The Morgan fingerprint density at radius 1 is 1.15 bits per heavy atom. The highest BCUT2D eigenvalue weighted by atomic mass is 16.2. The average Bonchev–Trinajstić information content (AvgIpc) is 3.07. The van der Waals surface area contributed by atoms with Gasteiger partial charge in [0.1, 0.15) is 6.04 Å². The van der Waals surface area contributed by atoms with Crippen LogP contribution >= 0.6 is 0 Å². The lowest BCUT2D eigenvalue weighted by Gasteiger charge is -2.23. The maximum atomic E-state index is 12.8. The molecule has 0 aliphatic carbocycles. The summed E-state index contributed by atoms with van der Waals surface area (Å²) in [6.07, 6.45) is 0.756. The molecule has 6 heteroatoms. The van der Waals surface area contributed by atoms with Gasteiger partial charge in [-0.15, -0.1) is 0 Å². The Kier molecular flexibility index (Phi) is 5.54. The highest BCUT2D eigenvalue weighted by molar-refractivity contribution is 6.01. The normalized spacial score (nSPS) is 13.1. The number of hydrogen-bond acceptors (Lipinski definition) is 3. The van der Waals surface area contributed by atoms with Crippen LogP contribution in [0.2, 0.25) is 0 Å². The van der Waals surface area contributed by atoms with Gasteiger partial charge in [-0.1, -0.05) is 50.1 Å². The monoisotopic (exact) mass is 364 g/mol. The number of rotatable bonds is 6. The number of carbonyl (C=O) groups excluding carboxylic acids is 2. The van der Waals surface area contributed by atoms with E-state index in [9.17, 15) is 9.59 Å². The number of nitrogens with zero attached hydrogens (tertiary/aromatic N) is 1. The highest BCUT2D eigenvalue weighted by Gasteiger charge is 2.27. The molecule has 1 aromatic heterocycles. The maximum absolute atomic E-state index is 12.8. The summed E-state index contributed by atoms with van der Waals surface area (Å²) in [5, 5.41) is 5.67. The number of carbonyl (C=O) groups is 2. The first-order chi connectivity index (χ1) is 13.0. The minimum atomic E-state index is -0.656. The number of fused-ring (bicyclic) bond motifs is 1. The van der Waals surface area contributed by atoms with E-state index < -0.39 is 6.04 Å². The van der Waals surface area contributed by atoms with E-state index >= 15 is 0 Å². The molecule has 0 aliphatic heterocycles. The second-order valence-electron chi connectivity index (χ2n) is 6.80. The van der Waals surface area contributed by atoms with E-state index in [1.807, 2.05) is 57.2 Å². The van der Waals surface area contributed by atoms with E-state index in [1.165, 1.54) is 0 Å². The zero-order valence-corrected chi connectivity index (χ0v) is 15.7. The lowest BCUT2D eigenvalue weighted by atomic mass is 9.97. The van der Waals surface area contributed by atoms with Crippen LogP contribution in [0.5, 0.6) is 0 Å². The zero-order chi connectivity index (χ0) is 19.4. The van der Waals surface area contributed by atoms with E-state index in [1.54, 1.807) is 12.1 Å². The van der Waals surface area contributed by atoms with Crippen LogP contribution < -0.4 is 10.6 Å². The summed E-state index contributed by atoms with van der Waals surface area (Å²) >= 11 is 0. The number of anilines is 1. The molecule has 3 rings (SSSR count). The van der Waals surface area contributed by atoms with Crippen molar-refractivity contribution in [2.75, 3.05) is 5.32 Å². The number of para-hydroxylation sites is 2. The third-order valence-corrected chi connectivity index (χ3v) is 4.69. The quantitative estimate of drug-likeness (QED) is 0.624. The Hall–Kier alpha value is -3.15. The third kappa shape index (κ3) is 4.34. The van der Waals surface area contributed by atoms with Crippen molar-refractivity contribution in [3.05, 3.63) is 59.7 Å². The van der Waals surface area contributed by atoms with Crippen molar-refractivity contribution >= 4 is 28.8 Å². The molecular weight excluding hydrogens is 340 g/mol. The molecule has 0 saturated carbocycles. The maximum Gasteiger partial charge on any atom is 0.251 e. The number of hydrogen-bond donors (Lipinski definition) is 3. The molecular formula is C21H24N4O2. The van der Waals surface area contributed by atoms with E-state index in [2.05, 4.69) is 20.6 Å². The second kappa shape index (κ2) is 8.03. The molecule has 2 unspecified atom stereocenters. The average molecular weight is 364 g/mol. The number of aromatic nitrogens is 2. The fraction of sp³-hybridized carbons (Fsp3) is 0.286. The van der Waals surface area contributed by atoms with Crippen molar-refractivity contribution in [2.45, 2.75) is 33.2 Å². The number of amides is 2. The number of imidazole rings is 1. The molecule has 2 atom stereocenters. The topological polar surface area (TPSA) is 86.9 Å². The molecule has 0 spiro atoms. The molecule has 3 N–H and O–H groups in total. The van der Waals surface area contributed by atoms with Crippen LogP contribution in [0.25, 0.3) is 11.0 Å².